The summed E-state index contributed by atoms with van der Waals surface area (Å²) in [5.41, 5.74) is 13.2. The lowest BCUT2D eigenvalue weighted by Crippen LogP contribution is -2.21. The molecule has 2 aromatic rings. The Morgan fingerprint density at radius 1 is 1.04 bits per heavy atom. The van der Waals surface area contributed by atoms with Crippen molar-refractivity contribution in [3.8, 4) is 12.0 Å². The van der Waals surface area contributed by atoms with Gasteiger partial charge in [-0.3, -0.25) is 0 Å². The molecule has 0 radical (unpaired) electrons. The van der Waals surface area contributed by atoms with Gasteiger partial charge in [-0.1, -0.05) is 29.8 Å². The molecule has 3 nitrogen and oxygen atoms in total. The van der Waals surface area contributed by atoms with Crippen molar-refractivity contribution in [3.63, 3.8) is 0 Å². The highest BCUT2D eigenvalue weighted by atomic mass is 19.2. The molecule has 2 rings (SSSR count). The van der Waals surface area contributed by atoms with Crippen LogP contribution in [0.2, 0.25) is 0 Å². The summed E-state index contributed by atoms with van der Waals surface area (Å²) >= 11 is 0. The fourth-order valence-electron chi connectivity index (χ4n) is 2.66. The van der Waals surface area contributed by atoms with Crippen molar-refractivity contribution in [2.45, 2.75) is 26.7 Å². The third-order valence-corrected chi connectivity index (χ3v) is 3.97. The number of hydrazine groups is 1. The van der Waals surface area contributed by atoms with Crippen LogP contribution < -0.4 is 17.0 Å². The Balaban J connectivity index is 2.26. The highest BCUT2D eigenvalue weighted by Gasteiger charge is 2.07. The quantitative estimate of drug-likeness (QED) is 0.339. The first-order valence-electron chi connectivity index (χ1n) is 7.88. The first-order chi connectivity index (χ1) is 11.9. The average Bonchev–Trinajstić information content (AvgIpc) is 2.59. The molecule has 0 unspecified atom stereocenters. The zero-order valence-corrected chi connectivity index (χ0v) is 14.3. The summed E-state index contributed by atoms with van der Waals surface area (Å²) in [7, 11) is 0. The fourth-order valence-corrected chi connectivity index (χ4v) is 2.66. The maximum absolute atomic E-state index is 13.3. The molecular weight excluding hydrogens is 320 g/mol. The van der Waals surface area contributed by atoms with E-state index in [4.69, 9.17) is 11.6 Å². The number of allylic oxidation sites excluding steroid dienone is 2. The molecule has 0 amide bonds. The molecule has 25 heavy (non-hydrogen) atoms. The van der Waals surface area contributed by atoms with Crippen LogP contribution in [0.3, 0.4) is 0 Å². The van der Waals surface area contributed by atoms with E-state index >= 15 is 0 Å². The highest BCUT2D eigenvalue weighted by molar-refractivity contribution is 5.71. The van der Waals surface area contributed by atoms with Gasteiger partial charge in [0, 0.05) is 6.04 Å². The number of nitrogens with one attached hydrogen (secondary N) is 1. The Kier molecular flexibility index (Phi) is 6.15. The van der Waals surface area contributed by atoms with Crippen LogP contribution in [0, 0.1) is 30.5 Å². The smallest absolute Gasteiger partial charge is 0.159 e. The van der Waals surface area contributed by atoms with Crippen molar-refractivity contribution in [1.29, 1.82) is 0 Å². The summed E-state index contributed by atoms with van der Waals surface area (Å²) in [6.07, 6.45) is 1.33. The number of hydrogen-bond acceptors (Lipinski definition) is 3. The third-order valence-electron chi connectivity index (χ3n) is 3.97. The van der Waals surface area contributed by atoms with E-state index in [2.05, 4.69) is 23.5 Å². The molecule has 0 aromatic heterocycles. The van der Waals surface area contributed by atoms with E-state index in [0.717, 1.165) is 33.9 Å². The lowest BCUT2D eigenvalue weighted by atomic mass is 9.96. The molecule has 5 heteroatoms. The van der Waals surface area contributed by atoms with Crippen molar-refractivity contribution >= 4 is 5.57 Å². The predicted octanol–water partition coefficient (Wildman–Crippen LogP) is 3.17. The minimum absolute atomic E-state index is 0.555. The van der Waals surface area contributed by atoms with Crippen LogP contribution >= 0.6 is 0 Å². The van der Waals surface area contributed by atoms with E-state index in [-0.39, 0.29) is 0 Å². The maximum Gasteiger partial charge on any atom is 0.159 e. The van der Waals surface area contributed by atoms with Gasteiger partial charge in [0.1, 0.15) is 5.70 Å². The number of rotatable bonds is 5. The summed E-state index contributed by atoms with van der Waals surface area (Å²) < 4.78 is 26.3. The molecule has 0 saturated carbocycles. The second kappa shape index (κ2) is 8.32. The fraction of sp³-hybridized carbons (Fsp3) is 0.200. The molecule has 0 atom stereocenters. The van der Waals surface area contributed by atoms with Gasteiger partial charge in [0.05, 0.1) is 0 Å². The Morgan fingerprint density at radius 2 is 1.76 bits per heavy atom. The summed E-state index contributed by atoms with van der Waals surface area (Å²) in [5.74, 6) is 6.59. The van der Waals surface area contributed by atoms with Gasteiger partial charge in [-0.15, -0.1) is 0 Å². The molecule has 0 bridgehead atoms. The van der Waals surface area contributed by atoms with Crippen molar-refractivity contribution in [2.24, 2.45) is 11.6 Å². The topological polar surface area (TPSA) is 64.1 Å². The molecule has 5 N–H and O–H groups in total. The van der Waals surface area contributed by atoms with Crippen molar-refractivity contribution < 1.29 is 8.78 Å². The second-order valence-corrected chi connectivity index (χ2v) is 5.87. The lowest BCUT2D eigenvalue weighted by molar-refractivity contribution is 0.507. The average molecular weight is 341 g/mol. The molecule has 0 heterocycles. The summed E-state index contributed by atoms with van der Waals surface area (Å²) in [5, 5.41) is 0. The highest BCUT2D eigenvalue weighted by Crippen LogP contribution is 2.21. The third kappa shape index (κ3) is 4.82. The first kappa shape index (κ1) is 18.5. The lowest BCUT2D eigenvalue weighted by Gasteiger charge is -2.11. The molecular formula is C20H21F2N3. The monoisotopic (exact) mass is 341 g/mol. The minimum Gasteiger partial charge on any atom is -0.359 e. The van der Waals surface area contributed by atoms with Gasteiger partial charge in [0.15, 0.2) is 11.6 Å². The zero-order chi connectivity index (χ0) is 18.4. The number of halogens is 2. The molecule has 0 fully saturated rings. The van der Waals surface area contributed by atoms with Crippen LogP contribution in [-0.4, -0.2) is 0 Å². The zero-order valence-electron chi connectivity index (χ0n) is 14.3. The van der Waals surface area contributed by atoms with Gasteiger partial charge in [0.2, 0.25) is 0 Å². The van der Waals surface area contributed by atoms with Crippen LogP contribution in [-0.2, 0) is 12.8 Å². The summed E-state index contributed by atoms with van der Waals surface area (Å²) in [6, 6.07) is 12.5. The summed E-state index contributed by atoms with van der Waals surface area (Å²) in [6.45, 7) is 3.91. The molecule has 0 saturated heterocycles. The summed E-state index contributed by atoms with van der Waals surface area (Å²) in [4.78, 5) is 0. The molecule has 0 aliphatic rings. The van der Waals surface area contributed by atoms with Crippen molar-refractivity contribution in [3.05, 3.63) is 76.0 Å². The van der Waals surface area contributed by atoms with Crippen LogP contribution in [0.1, 0.15) is 29.2 Å². The van der Waals surface area contributed by atoms with Gasteiger partial charge in [-0.25, -0.2) is 14.6 Å². The number of nitrogens with two attached hydrogens (primary N) is 2. The van der Waals surface area contributed by atoms with E-state index in [1.807, 2.05) is 26.0 Å². The first-order valence-corrected chi connectivity index (χ1v) is 7.88. The van der Waals surface area contributed by atoms with Crippen LogP contribution in [0.15, 0.2) is 42.1 Å². The van der Waals surface area contributed by atoms with Gasteiger partial charge < -0.3 is 11.2 Å². The van der Waals surface area contributed by atoms with E-state index in [0.29, 0.717) is 18.5 Å². The Hall–Kier alpha value is -2.84. The molecule has 0 aliphatic carbocycles. The Labute approximate surface area is 146 Å². The SMILES string of the molecule is C/C(=C(/C#CN)NN)c1cc(C)cc(CCc2ccc(F)c(F)c2)c1. The standard InChI is InChI=1S/C20H21F2N3/c1-13-9-16(4-3-15-5-6-18(21)19(22)12-15)11-17(10-13)14(2)20(25-24)7-8-23/h5-6,9-12,25H,3-4,23-24H2,1-2H3/b20-14+. The Bertz CT molecular complexity index is 861. The van der Waals surface area contributed by atoms with Gasteiger partial charge >= 0.3 is 0 Å². The molecule has 2 aromatic carbocycles. The van der Waals surface area contributed by atoms with Crippen molar-refractivity contribution in [1.82, 2.24) is 5.43 Å². The van der Waals surface area contributed by atoms with Gasteiger partial charge in [-0.05, 0) is 67.0 Å². The van der Waals surface area contributed by atoms with Crippen LogP contribution in [0.4, 0.5) is 8.78 Å². The molecule has 0 spiro atoms. The van der Waals surface area contributed by atoms with Crippen LogP contribution in [0.5, 0.6) is 0 Å². The maximum atomic E-state index is 13.3. The van der Waals surface area contributed by atoms with E-state index in [1.165, 1.54) is 6.07 Å². The number of hydrogen-bond donors (Lipinski definition) is 3. The number of aryl methyl sites for hydroxylation is 3. The van der Waals surface area contributed by atoms with Crippen LogP contribution in [0.25, 0.3) is 5.57 Å². The molecule has 0 aliphatic heterocycles. The predicted molar refractivity (Wildman–Crippen MR) is 96.8 cm³/mol. The van der Waals surface area contributed by atoms with E-state index < -0.39 is 11.6 Å². The van der Waals surface area contributed by atoms with Crippen molar-refractivity contribution in [2.75, 3.05) is 0 Å². The minimum atomic E-state index is -0.829. The van der Waals surface area contributed by atoms with E-state index in [9.17, 15) is 8.78 Å². The normalized spacial score (nSPS) is 11.4. The Morgan fingerprint density at radius 3 is 2.40 bits per heavy atom. The van der Waals surface area contributed by atoms with E-state index in [1.54, 1.807) is 6.07 Å². The largest absolute Gasteiger partial charge is 0.359 e. The second-order valence-electron chi connectivity index (χ2n) is 5.87. The number of benzene rings is 2. The van der Waals surface area contributed by atoms with Gasteiger partial charge in [0.25, 0.3) is 0 Å². The van der Waals surface area contributed by atoms with Gasteiger partial charge in [-0.2, -0.15) is 0 Å². The molecule has 130 valence electrons.